The van der Waals surface area contributed by atoms with Gasteiger partial charge in [-0.15, -0.1) is 0 Å². The van der Waals surface area contributed by atoms with Crippen molar-refractivity contribution in [3.63, 3.8) is 0 Å². The molecule has 1 N–H and O–H groups in total. The summed E-state index contributed by atoms with van der Waals surface area (Å²) in [5.41, 5.74) is 1.86. The average molecular weight is 324 g/mol. The number of pyridine rings is 1. The van der Waals surface area contributed by atoms with Gasteiger partial charge in [0.15, 0.2) is 11.4 Å². The zero-order valence-corrected chi connectivity index (χ0v) is 12.4. The number of ether oxygens (including phenoxy) is 2. The van der Waals surface area contributed by atoms with E-state index in [9.17, 15) is 9.59 Å². The Kier molecular flexibility index (Phi) is 3.34. The first-order valence-electron chi connectivity index (χ1n) is 7.23. The first kappa shape index (κ1) is 14.2. The van der Waals surface area contributed by atoms with Gasteiger partial charge in [-0.3, -0.25) is 10.1 Å². The molecule has 3 heterocycles. The van der Waals surface area contributed by atoms with E-state index < -0.39 is 18.1 Å². The van der Waals surface area contributed by atoms with Gasteiger partial charge in [-0.05, 0) is 17.7 Å². The van der Waals surface area contributed by atoms with Crippen LogP contribution < -0.4 is 10.1 Å². The fourth-order valence-corrected chi connectivity index (χ4v) is 2.50. The van der Waals surface area contributed by atoms with Crippen molar-refractivity contribution in [3.05, 3.63) is 60.0 Å². The van der Waals surface area contributed by atoms with Crippen molar-refractivity contribution in [2.75, 3.05) is 0 Å². The van der Waals surface area contributed by atoms with E-state index in [1.54, 1.807) is 12.1 Å². The van der Waals surface area contributed by atoms with Crippen molar-refractivity contribution >= 4 is 17.6 Å². The van der Waals surface area contributed by atoms with Gasteiger partial charge in [-0.2, -0.15) is 5.10 Å². The van der Waals surface area contributed by atoms with E-state index in [2.05, 4.69) is 15.4 Å². The van der Waals surface area contributed by atoms with Crippen LogP contribution in [0.5, 0.6) is 5.75 Å². The molecule has 2 aromatic heterocycles. The van der Waals surface area contributed by atoms with Crippen LogP contribution in [0.3, 0.4) is 0 Å². The van der Waals surface area contributed by atoms with Crippen molar-refractivity contribution in [1.82, 2.24) is 19.9 Å². The van der Waals surface area contributed by atoms with Crippen LogP contribution in [0.1, 0.15) is 17.4 Å². The van der Waals surface area contributed by atoms with E-state index in [1.807, 2.05) is 30.3 Å². The van der Waals surface area contributed by atoms with Crippen LogP contribution in [0.15, 0.2) is 48.8 Å². The van der Waals surface area contributed by atoms with Crippen molar-refractivity contribution < 1.29 is 19.1 Å². The Morgan fingerprint density at radius 2 is 2.00 bits per heavy atom. The predicted octanol–water partition coefficient (Wildman–Crippen LogP) is 1.62. The third-order valence-corrected chi connectivity index (χ3v) is 3.61. The SMILES string of the molecule is O=C1NC(=O)C(c2ccc(OCc3ccccc3)c3ncnn23)O1. The molecule has 3 aromatic rings. The highest BCUT2D eigenvalue weighted by Crippen LogP contribution is 2.27. The highest BCUT2D eigenvalue weighted by atomic mass is 16.6. The molecule has 0 saturated carbocycles. The highest BCUT2D eigenvalue weighted by molar-refractivity contribution is 6.00. The number of amides is 2. The number of hydrogen-bond donors (Lipinski definition) is 1. The Labute approximate surface area is 136 Å². The minimum Gasteiger partial charge on any atom is -0.485 e. The summed E-state index contributed by atoms with van der Waals surface area (Å²) in [6.45, 7) is 0.377. The van der Waals surface area contributed by atoms with Gasteiger partial charge in [0.2, 0.25) is 6.10 Å². The molecule has 1 aromatic carbocycles. The molecule has 8 heteroatoms. The van der Waals surface area contributed by atoms with Gasteiger partial charge in [0.25, 0.3) is 5.91 Å². The Hall–Kier alpha value is -3.42. The molecule has 1 atom stereocenters. The van der Waals surface area contributed by atoms with Crippen LogP contribution in [-0.4, -0.2) is 26.6 Å². The van der Waals surface area contributed by atoms with Crippen LogP contribution in [0.2, 0.25) is 0 Å². The number of nitrogens with zero attached hydrogens (tertiary/aromatic N) is 3. The number of aromatic nitrogens is 3. The number of imide groups is 1. The molecular formula is C16H12N4O4. The van der Waals surface area contributed by atoms with Gasteiger partial charge >= 0.3 is 6.09 Å². The van der Waals surface area contributed by atoms with E-state index in [1.165, 1.54) is 10.8 Å². The number of benzene rings is 1. The lowest BCUT2D eigenvalue weighted by atomic mass is 10.2. The second kappa shape index (κ2) is 5.65. The standard InChI is InChI=1S/C16H12N4O4/c21-15-13(24-16(22)19-15)11-6-7-12(14-17-9-18-20(11)14)23-8-10-4-2-1-3-5-10/h1-7,9,13H,8H2,(H,19,21,22). The summed E-state index contributed by atoms with van der Waals surface area (Å²) < 4.78 is 12.2. The lowest BCUT2D eigenvalue weighted by Gasteiger charge is -2.12. The molecular weight excluding hydrogens is 312 g/mol. The zero-order valence-electron chi connectivity index (χ0n) is 12.4. The molecule has 1 unspecified atom stereocenters. The lowest BCUT2D eigenvalue weighted by Crippen LogP contribution is -2.21. The molecule has 1 fully saturated rings. The molecule has 0 radical (unpaired) electrons. The number of nitrogens with one attached hydrogen (secondary N) is 1. The molecule has 0 spiro atoms. The summed E-state index contributed by atoms with van der Waals surface area (Å²) in [4.78, 5) is 27.2. The van der Waals surface area contributed by atoms with E-state index in [0.29, 0.717) is 23.7 Å². The van der Waals surface area contributed by atoms with Gasteiger partial charge in [-0.25, -0.2) is 14.3 Å². The molecule has 2 amide bonds. The molecule has 1 aliphatic rings. The molecule has 0 bridgehead atoms. The fourth-order valence-electron chi connectivity index (χ4n) is 2.50. The lowest BCUT2D eigenvalue weighted by molar-refractivity contribution is -0.123. The number of carbonyl (C=O) groups is 2. The van der Waals surface area contributed by atoms with Crippen molar-refractivity contribution in [1.29, 1.82) is 0 Å². The molecule has 0 aliphatic carbocycles. The maximum atomic E-state index is 11.8. The average Bonchev–Trinajstić information content (AvgIpc) is 3.20. The predicted molar refractivity (Wildman–Crippen MR) is 81.1 cm³/mol. The van der Waals surface area contributed by atoms with Crippen LogP contribution in [0, 0.1) is 0 Å². The van der Waals surface area contributed by atoms with Gasteiger partial charge in [-0.1, -0.05) is 30.3 Å². The molecule has 24 heavy (non-hydrogen) atoms. The monoisotopic (exact) mass is 324 g/mol. The topological polar surface area (TPSA) is 94.8 Å². The number of hydrogen-bond acceptors (Lipinski definition) is 6. The summed E-state index contributed by atoms with van der Waals surface area (Å²) in [7, 11) is 0. The number of cyclic esters (lactones) is 1. The van der Waals surface area contributed by atoms with Crippen molar-refractivity contribution in [2.24, 2.45) is 0 Å². The van der Waals surface area contributed by atoms with Gasteiger partial charge < -0.3 is 9.47 Å². The number of rotatable bonds is 4. The second-order valence-corrected chi connectivity index (χ2v) is 5.17. The second-order valence-electron chi connectivity index (χ2n) is 5.17. The van der Waals surface area contributed by atoms with E-state index in [4.69, 9.17) is 9.47 Å². The minimum atomic E-state index is -1.05. The minimum absolute atomic E-state index is 0.377. The van der Waals surface area contributed by atoms with Gasteiger partial charge in [0, 0.05) is 0 Å². The quantitative estimate of drug-likeness (QED) is 0.783. The highest BCUT2D eigenvalue weighted by Gasteiger charge is 2.36. The Morgan fingerprint density at radius 3 is 2.75 bits per heavy atom. The van der Waals surface area contributed by atoms with E-state index >= 15 is 0 Å². The Morgan fingerprint density at radius 1 is 1.17 bits per heavy atom. The number of alkyl carbamates (subject to hydrolysis) is 1. The van der Waals surface area contributed by atoms with Crippen LogP contribution in [0.4, 0.5) is 4.79 Å². The largest absolute Gasteiger partial charge is 0.485 e. The number of fused-ring (bicyclic) bond motifs is 1. The van der Waals surface area contributed by atoms with Crippen molar-refractivity contribution in [2.45, 2.75) is 12.7 Å². The normalized spacial score (nSPS) is 16.9. The smallest absolute Gasteiger partial charge is 0.415 e. The maximum absolute atomic E-state index is 11.8. The number of carbonyl (C=O) groups excluding carboxylic acids is 2. The fraction of sp³-hybridized carbons (Fsp3) is 0.125. The van der Waals surface area contributed by atoms with Crippen LogP contribution in [-0.2, 0) is 16.1 Å². The summed E-state index contributed by atoms with van der Waals surface area (Å²) in [5.74, 6) is -0.0143. The molecule has 8 nitrogen and oxygen atoms in total. The Bertz CT molecular complexity index is 922. The molecule has 1 aliphatic heterocycles. The Balaban J connectivity index is 1.65. The molecule has 120 valence electrons. The van der Waals surface area contributed by atoms with Crippen LogP contribution >= 0.6 is 0 Å². The van der Waals surface area contributed by atoms with Gasteiger partial charge in [0.05, 0.1) is 5.69 Å². The van der Waals surface area contributed by atoms with E-state index in [0.717, 1.165) is 5.56 Å². The summed E-state index contributed by atoms with van der Waals surface area (Å²) >= 11 is 0. The molecule has 1 saturated heterocycles. The maximum Gasteiger partial charge on any atom is 0.415 e. The first-order valence-corrected chi connectivity index (χ1v) is 7.23. The first-order chi connectivity index (χ1) is 11.7. The zero-order chi connectivity index (χ0) is 16.5. The van der Waals surface area contributed by atoms with Crippen molar-refractivity contribution in [3.8, 4) is 5.75 Å². The summed E-state index contributed by atoms with van der Waals surface area (Å²) in [5, 5.41) is 6.18. The van der Waals surface area contributed by atoms with E-state index in [-0.39, 0.29) is 0 Å². The summed E-state index contributed by atoms with van der Waals surface area (Å²) in [6.07, 6.45) is -0.476. The van der Waals surface area contributed by atoms with Gasteiger partial charge in [0.1, 0.15) is 12.9 Å². The third kappa shape index (κ3) is 2.43. The van der Waals surface area contributed by atoms with Crippen LogP contribution in [0.25, 0.3) is 5.65 Å². The third-order valence-electron chi connectivity index (χ3n) is 3.61. The summed E-state index contributed by atoms with van der Waals surface area (Å²) in [6, 6.07) is 13.0. The molecule has 4 rings (SSSR count).